The van der Waals surface area contributed by atoms with Gasteiger partial charge >= 0.3 is 5.97 Å². The summed E-state index contributed by atoms with van der Waals surface area (Å²) in [5.74, 6) is -0.329. The normalized spacial score (nSPS) is 21.4. The summed E-state index contributed by atoms with van der Waals surface area (Å²) < 4.78 is 12.0. The number of carboxylic acids is 1. The van der Waals surface area contributed by atoms with Crippen LogP contribution in [0.15, 0.2) is 24.3 Å². The molecule has 8 nitrogen and oxygen atoms in total. The molecule has 9 heteroatoms. The molecule has 3 aromatic rings. The number of carboxylic acid groups (broad SMARTS) is 1. The molecular formula is C24H27ClN4O4. The van der Waals surface area contributed by atoms with Gasteiger partial charge in [0.2, 0.25) is 0 Å². The zero-order chi connectivity index (χ0) is 22.9. The first-order valence-electron chi connectivity index (χ1n) is 11.5. The van der Waals surface area contributed by atoms with E-state index in [0.717, 1.165) is 18.4 Å². The van der Waals surface area contributed by atoms with Crippen molar-refractivity contribution in [1.82, 2.24) is 15.0 Å². The molecule has 2 saturated carbocycles. The van der Waals surface area contributed by atoms with Crippen LogP contribution in [0.5, 0.6) is 11.8 Å². The molecule has 174 valence electrons. The maximum Gasteiger partial charge on any atom is 0.306 e. The topological polar surface area (TPSA) is 123 Å². The molecule has 4 N–H and O–H groups in total. The second kappa shape index (κ2) is 9.09. The summed E-state index contributed by atoms with van der Waals surface area (Å²) in [6, 6.07) is 7.75. The minimum Gasteiger partial charge on any atom is -0.488 e. The number of aliphatic carboxylic acids is 1. The van der Waals surface area contributed by atoms with E-state index in [1.807, 2.05) is 18.2 Å². The number of carbonyl (C=O) groups is 1. The number of imidazole rings is 1. The van der Waals surface area contributed by atoms with Gasteiger partial charge in [0.25, 0.3) is 6.01 Å². The van der Waals surface area contributed by atoms with Gasteiger partial charge in [0.15, 0.2) is 5.65 Å². The van der Waals surface area contributed by atoms with Crippen LogP contribution in [-0.4, -0.2) is 38.2 Å². The molecule has 0 saturated heterocycles. The van der Waals surface area contributed by atoms with Crippen LogP contribution in [0.25, 0.3) is 22.4 Å². The number of aromatic amines is 1. The Morgan fingerprint density at radius 3 is 2.45 bits per heavy atom. The summed E-state index contributed by atoms with van der Waals surface area (Å²) in [7, 11) is 0. The highest BCUT2D eigenvalue weighted by molar-refractivity contribution is 6.33. The van der Waals surface area contributed by atoms with Gasteiger partial charge in [0.1, 0.15) is 11.9 Å². The number of ether oxygens (including phenoxy) is 2. The van der Waals surface area contributed by atoms with E-state index in [9.17, 15) is 4.79 Å². The van der Waals surface area contributed by atoms with E-state index in [1.165, 1.54) is 12.8 Å². The van der Waals surface area contributed by atoms with E-state index >= 15 is 0 Å². The van der Waals surface area contributed by atoms with Crippen molar-refractivity contribution in [3.63, 3.8) is 0 Å². The number of halogens is 1. The standard InChI is InChI=1S/C24H27ClN4O4/c25-17-12-19-22(29-24(27-19)33-16-8-5-13(6-9-16)23(30)31)28-21(17)14-7-10-20(18(26)11-14)32-15-3-1-2-4-15/h7,10-13,15-16H,1-6,8-9,26H2,(H,30,31)(H,27,28,29). The van der Waals surface area contributed by atoms with Gasteiger partial charge in [-0.05, 0) is 75.6 Å². The van der Waals surface area contributed by atoms with Gasteiger partial charge in [-0.15, -0.1) is 0 Å². The van der Waals surface area contributed by atoms with E-state index in [1.54, 1.807) is 6.07 Å². The van der Waals surface area contributed by atoms with Crippen molar-refractivity contribution in [1.29, 1.82) is 0 Å². The fourth-order valence-corrected chi connectivity index (χ4v) is 4.99. The van der Waals surface area contributed by atoms with Gasteiger partial charge in [-0.2, -0.15) is 4.98 Å². The second-order valence-corrected chi connectivity index (χ2v) is 9.35. The summed E-state index contributed by atoms with van der Waals surface area (Å²) >= 11 is 6.54. The lowest BCUT2D eigenvalue weighted by molar-refractivity contribution is -0.143. The molecule has 0 atom stereocenters. The highest BCUT2D eigenvalue weighted by atomic mass is 35.5. The van der Waals surface area contributed by atoms with E-state index < -0.39 is 5.97 Å². The number of anilines is 1. The average molecular weight is 471 g/mol. The predicted octanol–water partition coefficient (Wildman–Crippen LogP) is 5.20. The molecule has 0 bridgehead atoms. The van der Waals surface area contributed by atoms with Crippen LogP contribution >= 0.6 is 11.6 Å². The third-order valence-corrected chi connectivity index (χ3v) is 6.87. The number of nitrogens with one attached hydrogen (secondary N) is 1. The number of aromatic nitrogens is 3. The maximum atomic E-state index is 11.1. The first-order chi connectivity index (χ1) is 16.0. The van der Waals surface area contributed by atoms with Gasteiger partial charge < -0.3 is 25.3 Å². The van der Waals surface area contributed by atoms with Crippen molar-refractivity contribution in [2.75, 3.05) is 5.73 Å². The van der Waals surface area contributed by atoms with E-state index in [4.69, 9.17) is 31.9 Å². The first-order valence-corrected chi connectivity index (χ1v) is 11.9. The summed E-state index contributed by atoms with van der Waals surface area (Å²) in [5.41, 5.74) is 9.36. The molecule has 2 heterocycles. The second-order valence-electron chi connectivity index (χ2n) is 8.94. The zero-order valence-corrected chi connectivity index (χ0v) is 19.0. The molecule has 0 spiro atoms. The molecule has 0 amide bonds. The number of rotatable bonds is 6. The minimum absolute atomic E-state index is 0.0664. The highest BCUT2D eigenvalue weighted by Gasteiger charge is 2.27. The monoisotopic (exact) mass is 470 g/mol. The SMILES string of the molecule is Nc1cc(-c2nc3nc(OC4CCC(C(=O)O)CC4)[nH]c3cc2Cl)ccc1OC1CCCC1. The van der Waals surface area contributed by atoms with Crippen LogP contribution in [0.1, 0.15) is 51.4 Å². The minimum atomic E-state index is -0.734. The van der Waals surface area contributed by atoms with Gasteiger partial charge in [-0.3, -0.25) is 4.79 Å². The van der Waals surface area contributed by atoms with Crippen molar-refractivity contribution in [2.45, 2.75) is 63.6 Å². The lowest BCUT2D eigenvalue weighted by atomic mass is 9.87. The fourth-order valence-electron chi connectivity index (χ4n) is 4.73. The Labute approximate surface area is 196 Å². The number of nitrogens with two attached hydrogens (primary N) is 1. The number of H-pyrrole nitrogens is 1. The Morgan fingerprint density at radius 2 is 1.76 bits per heavy atom. The van der Waals surface area contributed by atoms with E-state index in [2.05, 4.69) is 15.0 Å². The quantitative estimate of drug-likeness (QED) is 0.423. The van der Waals surface area contributed by atoms with Crippen molar-refractivity contribution in [3.05, 3.63) is 29.3 Å². The van der Waals surface area contributed by atoms with Gasteiger partial charge in [-0.1, -0.05) is 11.6 Å². The van der Waals surface area contributed by atoms with Gasteiger partial charge in [-0.25, -0.2) is 4.98 Å². The van der Waals surface area contributed by atoms with Crippen molar-refractivity contribution in [3.8, 4) is 23.0 Å². The Bertz CT molecular complexity index is 1170. The number of hydrogen-bond donors (Lipinski definition) is 3. The number of fused-ring (bicyclic) bond motifs is 1. The average Bonchev–Trinajstić information content (AvgIpc) is 3.44. The zero-order valence-electron chi connectivity index (χ0n) is 18.2. The fraction of sp³-hybridized carbons (Fsp3) is 0.458. The van der Waals surface area contributed by atoms with Gasteiger partial charge in [0.05, 0.1) is 33.9 Å². The number of benzene rings is 1. The van der Waals surface area contributed by atoms with E-state index in [-0.39, 0.29) is 18.1 Å². The van der Waals surface area contributed by atoms with Crippen LogP contribution in [0.3, 0.4) is 0 Å². The Balaban J connectivity index is 1.33. The molecule has 0 aliphatic heterocycles. The molecule has 1 aromatic carbocycles. The van der Waals surface area contributed by atoms with Crippen molar-refractivity contribution in [2.24, 2.45) is 5.92 Å². The van der Waals surface area contributed by atoms with Crippen molar-refractivity contribution < 1.29 is 19.4 Å². The van der Waals surface area contributed by atoms with Crippen LogP contribution < -0.4 is 15.2 Å². The third-order valence-electron chi connectivity index (χ3n) is 6.59. The summed E-state index contributed by atoms with van der Waals surface area (Å²) in [4.78, 5) is 23.4. The molecular weight excluding hydrogens is 444 g/mol. The third kappa shape index (κ3) is 4.71. The van der Waals surface area contributed by atoms with Crippen LogP contribution in [0, 0.1) is 5.92 Å². The predicted molar refractivity (Wildman–Crippen MR) is 126 cm³/mol. The molecule has 2 aliphatic rings. The highest BCUT2D eigenvalue weighted by Crippen LogP contribution is 2.35. The van der Waals surface area contributed by atoms with Crippen LogP contribution in [0.2, 0.25) is 5.02 Å². The van der Waals surface area contributed by atoms with Crippen molar-refractivity contribution >= 4 is 34.4 Å². The van der Waals surface area contributed by atoms with E-state index in [0.29, 0.717) is 65.0 Å². The van der Waals surface area contributed by atoms with Crippen LogP contribution in [0.4, 0.5) is 5.69 Å². The first kappa shape index (κ1) is 21.8. The summed E-state index contributed by atoms with van der Waals surface area (Å²) in [6.07, 6.45) is 7.27. The molecule has 0 radical (unpaired) electrons. The maximum absolute atomic E-state index is 11.1. The molecule has 0 unspecified atom stereocenters. The largest absolute Gasteiger partial charge is 0.488 e. The number of nitrogens with zero attached hydrogens (tertiary/aromatic N) is 2. The molecule has 2 aromatic heterocycles. The molecule has 2 fully saturated rings. The van der Waals surface area contributed by atoms with Crippen LogP contribution in [-0.2, 0) is 4.79 Å². The Hall–Kier alpha value is -3.00. The number of hydrogen-bond acceptors (Lipinski definition) is 6. The summed E-state index contributed by atoms with van der Waals surface area (Å²) in [6.45, 7) is 0. The Morgan fingerprint density at radius 1 is 1.03 bits per heavy atom. The Kier molecular flexibility index (Phi) is 6.01. The summed E-state index contributed by atoms with van der Waals surface area (Å²) in [5, 5.41) is 9.63. The number of nitrogen functional groups attached to an aromatic ring is 1. The lowest BCUT2D eigenvalue weighted by Crippen LogP contribution is -2.28. The molecule has 5 rings (SSSR count). The smallest absolute Gasteiger partial charge is 0.306 e. The lowest BCUT2D eigenvalue weighted by Gasteiger charge is -2.25. The number of pyridine rings is 1. The van der Waals surface area contributed by atoms with Gasteiger partial charge in [0, 0.05) is 5.56 Å². The molecule has 2 aliphatic carbocycles. The molecule has 33 heavy (non-hydrogen) atoms.